The summed E-state index contributed by atoms with van der Waals surface area (Å²) in [4.78, 5) is 15.7. The molecule has 0 bridgehead atoms. The Morgan fingerprint density at radius 2 is 2.35 bits per heavy atom. The Labute approximate surface area is 123 Å². The normalized spacial score (nSPS) is 16.9. The molecule has 5 heteroatoms. The lowest BCUT2D eigenvalue weighted by molar-refractivity contribution is -0.117. The van der Waals surface area contributed by atoms with Crippen LogP contribution in [0.4, 0.5) is 0 Å². The highest BCUT2D eigenvalue weighted by Crippen LogP contribution is 2.43. The number of rotatable bonds is 6. The molecular weight excluding hydrogens is 276 g/mol. The molecule has 2 N–H and O–H groups in total. The number of carbonyl (C=O) groups excluding carboxylic acids is 1. The van der Waals surface area contributed by atoms with Crippen LogP contribution in [0.5, 0.6) is 0 Å². The lowest BCUT2D eigenvalue weighted by atomic mass is 9.67. The fourth-order valence-electron chi connectivity index (χ4n) is 2.46. The standard InChI is InChI=1S/C15H19ClN2O2/c16-13-10-12(4-8-17-13)2-3-14(20)18-11-15(7-9-19)5-1-6-15/h2-4,8,10,19H,1,5-7,9,11H2,(H,18,20)/b3-2+. The molecule has 0 spiro atoms. The smallest absolute Gasteiger partial charge is 0.244 e. The number of nitrogens with one attached hydrogen (secondary N) is 1. The van der Waals surface area contributed by atoms with Gasteiger partial charge in [-0.2, -0.15) is 0 Å². The van der Waals surface area contributed by atoms with E-state index in [0.29, 0.717) is 11.7 Å². The summed E-state index contributed by atoms with van der Waals surface area (Å²) in [6.07, 6.45) is 8.91. The zero-order chi connectivity index (χ0) is 14.4. The molecule has 0 aliphatic heterocycles. The van der Waals surface area contributed by atoms with Gasteiger partial charge >= 0.3 is 0 Å². The molecule has 1 aromatic rings. The van der Waals surface area contributed by atoms with E-state index in [0.717, 1.165) is 24.8 Å². The van der Waals surface area contributed by atoms with Crippen molar-refractivity contribution in [1.82, 2.24) is 10.3 Å². The average molecular weight is 295 g/mol. The van der Waals surface area contributed by atoms with E-state index in [1.807, 2.05) is 0 Å². The fourth-order valence-corrected chi connectivity index (χ4v) is 2.64. The van der Waals surface area contributed by atoms with Crippen LogP contribution in [-0.2, 0) is 4.79 Å². The molecule has 4 nitrogen and oxygen atoms in total. The maximum Gasteiger partial charge on any atom is 0.244 e. The Hall–Kier alpha value is -1.39. The topological polar surface area (TPSA) is 62.2 Å². The summed E-state index contributed by atoms with van der Waals surface area (Å²) in [6, 6.07) is 3.49. The molecule has 0 saturated heterocycles. The zero-order valence-corrected chi connectivity index (χ0v) is 12.1. The minimum atomic E-state index is -0.123. The number of amides is 1. The number of pyridine rings is 1. The van der Waals surface area contributed by atoms with Crippen LogP contribution in [0.1, 0.15) is 31.2 Å². The largest absolute Gasteiger partial charge is 0.396 e. The van der Waals surface area contributed by atoms with Crippen LogP contribution < -0.4 is 5.32 Å². The highest BCUT2D eigenvalue weighted by atomic mass is 35.5. The van der Waals surface area contributed by atoms with Crippen molar-refractivity contribution in [3.63, 3.8) is 0 Å². The van der Waals surface area contributed by atoms with E-state index in [9.17, 15) is 4.79 Å². The maximum absolute atomic E-state index is 11.8. The molecular formula is C15H19ClN2O2. The highest BCUT2D eigenvalue weighted by Gasteiger charge is 2.36. The second-order valence-corrected chi connectivity index (χ2v) is 5.68. The maximum atomic E-state index is 11.8. The third-order valence-corrected chi connectivity index (χ3v) is 4.08. The lowest BCUT2D eigenvalue weighted by Crippen LogP contribution is -2.42. The van der Waals surface area contributed by atoms with Gasteiger partial charge in [-0.1, -0.05) is 18.0 Å². The molecule has 0 aromatic carbocycles. The summed E-state index contributed by atoms with van der Waals surface area (Å²) in [5.74, 6) is -0.123. The van der Waals surface area contributed by atoms with E-state index in [1.54, 1.807) is 24.4 Å². The molecule has 108 valence electrons. The molecule has 1 aliphatic carbocycles. The van der Waals surface area contributed by atoms with Crippen LogP contribution in [0.15, 0.2) is 24.4 Å². The molecule has 1 heterocycles. The van der Waals surface area contributed by atoms with Crippen molar-refractivity contribution in [3.05, 3.63) is 35.1 Å². The highest BCUT2D eigenvalue weighted by molar-refractivity contribution is 6.29. The zero-order valence-electron chi connectivity index (χ0n) is 11.3. The molecule has 0 unspecified atom stereocenters. The van der Waals surface area contributed by atoms with Gasteiger partial charge in [0.15, 0.2) is 0 Å². The number of halogens is 1. The van der Waals surface area contributed by atoms with E-state index < -0.39 is 0 Å². The fraction of sp³-hybridized carbons (Fsp3) is 0.467. The monoisotopic (exact) mass is 294 g/mol. The second kappa shape index (κ2) is 6.86. The van der Waals surface area contributed by atoms with E-state index in [1.165, 1.54) is 12.5 Å². The van der Waals surface area contributed by atoms with Gasteiger partial charge in [0.25, 0.3) is 0 Å². The number of hydrogen-bond donors (Lipinski definition) is 2. The Morgan fingerprint density at radius 1 is 1.55 bits per heavy atom. The van der Waals surface area contributed by atoms with Gasteiger partial charge in [-0.25, -0.2) is 4.98 Å². The third-order valence-electron chi connectivity index (χ3n) is 3.87. The van der Waals surface area contributed by atoms with Gasteiger partial charge in [-0.05, 0) is 48.4 Å². The van der Waals surface area contributed by atoms with Crippen molar-refractivity contribution in [1.29, 1.82) is 0 Å². The van der Waals surface area contributed by atoms with Crippen molar-refractivity contribution in [2.45, 2.75) is 25.7 Å². The van der Waals surface area contributed by atoms with Crippen LogP contribution in [0.2, 0.25) is 5.15 Å². The minimum absolute atomic E-state index is 0.109. The first kappa shape index (κ1) is 15.0. The number of hydrogen-bond acceptors (Lipinski definition) is 3. The second-order valence-electron chi connectivity index (χ2n) is 5.29. The van der Waals surface area contributed by atoms with Gasteiger partial charge < -0.3 is 10.4 Å². The van der Waals surface area contributed by atoms with Gasteiger partial charge in [-0.15, -0.1) is 0 Å². The summed E-state index contributed by atoms with van der Waals surface area (Å²) in [6.45, 7) is 0.815. The van der Waals surface area contributed by atoms with Crippen LogP contribution in [0.3, 0.4) is 0 Å². The summed E-state index contributed by atoms with van der Waals surface area (Å²) in [5.41, 5.74) is 0.951. The first-order valence-corrected chi connectivity index (χ1v) is 7.20. The summed E-state index contributed by atoms with van der Waals surface area (Å²) < 4.78 is 0. The van der Waals surface area contributed by atoms with Crippen LogP contribution in [0.25, 0.3) is 6.08 Å². The van der Waals surface area contributed by atoms with Crippen molar-refractivity contribution >= 4 is 23.6 Å². The molecule has 1 aliphatic rings. The Morgan fingerprint density at radius 3 is 2.95 bits per heavy atom. The predicted molar refractivity (Wildman–Crippen MR) is 79.3 cm³/mol. The average Bonchev–Trinajstić information content (AvgIpc) is 2.39. The van der Waals surface area contributed by atoms with E-state index in [4.69, 9.17) is 16.7 Å². The van der Waals surface area contributed by atoms with Gasteiger partial charge in [-0.3, -0.25) is 4.79 Å². The Balaban J connectivity index is 1.83. The van der Waals surface area contributed by atoms with E-state index >= 15 is 0 Å². The van der Waals surface area contributed by atoms with Crippen molar-refractivity contribution in [2.24, 2.45) is 5.41 Å². The van der Waals surface area contributed by atoms with E-state index in [-0.39, 0.29) is 17.9 Å². The lowest BCUT2D eigenvalue weighted by Gasteiger charge is -2.41. The summed E-state index contributed by atoms with van der Waals surface area (Å²) in [7, 11) is 0. The van der Waals surface area contributed by atoms with Gasteiger partial charge in [0.1, 0.15) is 5.15 Å². The van der Waals surface area contributed by atoms with Crippen molar-refractivity contribution in [3.8, 4) is 0 Å². The van der Waals surface area contributed by atoms with Gasteiger partial charge in [0.2, 0.25) is 5.91 Å². The van der Waals surface area contributed by atoms with Crippen LogP contribution in [0, 0.1) is 5.41 Å². The predicted octanol–water partition coefficient (Wildman–Crippen LogP) is 2.42. The minimum Gasteiger partial charge on any atom is -0.396 e. The molecule has 1 fully saturated rings. The number of carbonyl (C=O) groups is 1. The third kappa shape index (κ3) is 4.05. The molecule has 2 rings (SSSR count). The molecule has 1 aromatic heterocycles. The molecule has 20 heavy (non-hydrogen) atoms. The summed E-state index contributed by atoms with van der Waals surface area (Å²) >= 11 is 5.77. The SMILES string of the molecule is O=C(/C=C/c1ccnc(Cl)c1)NCC1(CCO)CCC1. The van der Waals surface area contributed by atoms with Crippen LogP contribution in [-0.4, -0.2) is 29.1 Å². The van der Waals surface area contributed by atoms with Crippen molar-refractivity contribution in [2.75, 3.05) is 13.2 Å². The Bertz CT molecular complexity index is 498. The number of aliphatic hydroxyl groups is 1. The Kier molecular flexibility index (Phi) is 5.15. The molecule has 0 atom stereocenters. The molecule has 1 amide bonds. The first-order valence-electron chi connectivity index (χ1n) is 6.82. The van der Waals surface area contributed by atoms with Crippen LogP contribution >= 0.6 is 11.6 Å². The molecule has 0 radical (unpaired) electrons. The molecule has 1 saturated carbocycles. The van der Waals surface area contributed by atoms with Gasteiger partial charge in [0, 0.05) is 25.4 Å². The number of nitrogens with zero attached hydrogens (tertiary/aromatic N) is 1. The summed E-state index contributed by atoms with van der Waals surface area (Å²) in [5, 5.41) is 12.4. The number of aromatic nitrogens is 1. The van der Waals surface area contributed by atoms with Gasteiger partial charge in [0.05, 0.1) is 0 Å². The quantitative estimate of drug-likeness (QED) is 0.626. The first-order chi connectivity index (χ1) is 9.63. The van der Waals surface area contributed by atoms with Crippen molar-refractivity contribution < 1.29 is 9.90 Å². The van der Waals surface area contributed by atoms with E-state index in [2.05, 4.69) is 10.3 Å². The number of aliphatic hydroxyl groups excluding tert-OH is 1.